The number of nitrogens with zero attached hydrogens (tertiary/aromatic N) is 2. The van der Waals surface area contributed by atoms with Gasteiger partial charge in [0.25, 0.3) is 10.0 Å². The van der Waals surface area contributed by atoms with Gasteiger partial charge in [0.15, 0.2) is 5.03 Å². The van der Waals surface area contributed by atoms with Gasteiger partial charge >= 0.3 is 0 Å². The molecule has 0 spiro atoms. The van der Waals surface area contributed by atoms with Gasteiger partial charge in [0, 0.05) is 31.4 Å². The van der Waals surface area contributed by atoms with Crippen molar-refractivity contribution in [2.24, 2.45) is 11.7 Å². The molecule has 3 N–H and O–H groups in total. The SMILES string of the molecule is Cc1[nH]nc(S(=O)(=O)N(C)CC(C)C)c1CN. The van der Waals surface area contributed by atoms with Crippen molar-refractivity contribution in [3.05, 3.63) is 11.3 Å². The molecule has 0 saturated heterocycles. The van der Waals surface area contributed by atoms with Crippen LogP contribution in [0.2, 0.25) is 0 Å². The predicted molar refractivity (Wildman–Crippen MR) is 65.9 cm³/mol. The van der Waals surface area contributed by atoms with E-state index in [-0.39, 0.29) is 17.5 Å². The van der Waals surface area contributed by atoms with Crippen LogP contribution in [0.4, 0.5) is 0 Å². The lowest BCUT2D eigenvalue weighted by Gasteiger charge is -2.18. The molecule has 0 fully saturated rings. The molecule has 1 aromatic rings. The van der Waals surface area contributed by atoms with E-state index >= 15 is 0 Å². The van der Waals surface area contributed by atoms with E-state index in [2.05, 4.69) is 10.2 Å². The molecule has 1 rings (SSSR count). The minimum absolute atomic E-state index is 0.0423. The third kappa shape index (κ3) is 2.85. The van der Waals surface area contributed by atoms with Gasteiger partial charge in [-0.15, -0.1) is 0 Å². The maximum absolute atomic E-state index is 12.2. The number of sulfonamides is 1. The molecule has 0 atom stereocenters. The molecule has 7 heteroatoms. The average molecular weight is 260 g/mol. The third-order valence-electron chi connectivity index (χ3n) is 2.52. The summed E-state index contributed by atoms with van der Waals surface area (Å²) in [5, 5.41) is 6.56. The number of aromatic amines is 1. The summed E-state index contributed by atoms with van der Waals surface area (Å²) < 4.78 is 25.8. The fraction of sp³-hybridized carbons (Fsp3) is 0.700. The molecule has 0 aliphatic rings. The van der Waals surface area contributed by atoms with Crippen LogP contribution in [-0.4, -0.2) is 36.5 Å². The molecule has 0 aromatic carbocycles. The van der Waals surface area contributed by atoms with Gasteiger partial charge in [-0.2, -0.15) is 9.40 Å². The van der Waals surface area contributed by atoms with Gasteiger partial charge in [-0.25, -0.2) is 8.42 Å². The van der Waals surface area contributed by atoms with Crippen LogP contribution in [0.5, 0.6) is 0 Å². The zero-order valence-corrected chi connectivity index (χ0v) is 11.5. The Kier molecular flexibility index (Phi) is 4.29. The van der Waals surface area contributed by atoms with Crippen LogP contribution < -0.4 is 5.73 Å². The second-order valence-electron chi connectivity index (χ2n) is 4.52. The van der Waals surface area contributed by atoms with Crippen LogP contribution in [0.3, 0.4) is 0 Å². The molecule has 0 saturated carbocycles. The van der Waals surface area contributed by atoms with E-state index in [0.29, 0.717) is 17.8 Å². The van der Waals surface area contributed by atoms with E-state index in [9.17, 15) is 8.42 Å². The van der Waals surface area contributed by atoms with Gasteiger partial charge in [0.2, 0.25) is 0 Å². The topological polar surface area (TPSA) is 92.1 Å². The number of aryl methyl sites for hydroxylation is 1. The summed E-state index contributed by atoms with van der Waals surface area (Å²) in [4.78, 5) is 0. The van der Waals surface area contributed by atoms with E-state index in [4.69, 9.17) is 5.73 Å². The minimum Gasteiger partial charge on any atom is -0.326 e. The van der Waals surface area contributed by atoms with Crippen molar-refractivity contribution >= 4 is 10.0 Å². The van der Waals surface area contributed by atoms with E-state index in [1.165, 1.54) is 4.31 Å². The van der Waals surface area contributed by atoms with Crippen molar-refractivity contribution < 1.29 is 8.42 Å². The number of H-pyrrole nitrogens is 1. The molecular weight excluding hydrogens is 240 g/mol. The summed E-state index contributed by atoms with van der Waals surface area (Å²) in [5.41, 5.74) is 6.81. The number of hydrogen-bond acceptors (Lipinski definition) is 4. The van der Waals surface area contributed by atoms with Crippen LogP contribution in [0.25, 0.3) is 0 Å². The molecular formula is C10H20N4O2S. The number of nitrogens with two attached hydrogens (primary N) is 1. The van der Waals surface area contributed by atoms with Crippen LogP contribution in [0, 0.1) is 12.8 Å². The molecule has 17 heavy (non-hydrogen) atoms. The van der Waals surface area contributed by atoms with E-state index in [1.54, 1.807) is 14.0 Å². The summed E-state index contributed by atoms with van der Waals surface area (Å²) in [6, 6.07) is 0. The first-order chi connectivity index (χ1) is 7.80. The zero-order chi connectivity index (χ0) is 13.2. The highest BCUT2D eigenvalue weighted by molar-refractivity contribution is 7.89. The molecule has 98 valence electrons. The Morgan fingerprint density at radius 3 is 2.53 bits per heavy atom. The van der Waals surface area contributed by atoms with E-state index < -0.39 is 10.0 Å². The second-order valence-corrected chi connectivity index (χ2v) is 6.48. The molecule has 0 amide bonds. The molecule has 0 radical (unpaired) electrons. The van der Waals surface area contributed by atoms with Gasteiger partial charge in [0.1, 0.15) is 0 Å². The van der Waals surface area contributed by atoms with Crippen LogP contribution in [-0.2, 0) is 16.6 Å². The first kappa shape index (κ1) is 14.1. The molecule has 6 nitrogen and oxygen atoms in total. The Morgan fingerprint density at radius 1 is 1.47 bits per heavy atom. The maximum atomic E-state index is 12.2. The zero-order valence-electron chi connectivity index (χ0n) is 10.7. The molecule has 1 heterocycles. The largest absolute Gasteiger partial charge is 0.326 e. The van der Waals surface area contributed by atoms with Crippen LogP contribution in [0.1, 0.15) is 25.1 Å². The fourth-order valence-corrected chi connectivity index (χ4v) is 3.14. The molecule has 1 aromatic heterocycles. The number of aromatic nitrogens is 2. The van der Waals surface area contributed by atoms with Crippen molar-refractivity contribution in [2.75, 3.05) is 13.6 Å². The lowest BCUT2D eigenvalue weighted by Crippen LogP contribution is -2.31. The van der Waals surface area contributed by atoms with Crippen molar-refractivity contribution in [2.45, 2.75) is 32.3 Å². The van der Waals surface area contributed by atoms with Gasteiger partial charge in [-0.3, -0.25) is 5.10 Å². The van der Waals surface area contributed by atoms with Crippen molar-refractivity contribution in [1.29, 1.82) is 0 Å². The highest BCUT2D eigenvalue weighted by Crippen LogP contribution is 2.19. The average Bonchev–Trinajstić information content (AvgIpc) is 2.58. The van der Waals surface area contributed by atoms with Crippen LogP contribution >= 0.6 is 0 Å². The number of hydrogen-bond donors (Lipinski definition) is 2. The maximum Gasteiger partial charge on any atom is 0.262 e. The number of nitrogens with one attached hydrogen (secondary N) is 1. The van der Waals surface area contributed by atoms with Crippen molar-refractivity contribution in [3.63, 3.8) is 0 Å². The number of rotatable bonds is 5. The van der Waals surface area contributed by atoms with Gasteiger partial charge < -0.3 is 5.73 Å². The Balaban J connectivity index is 3.13. The standard InChI is InChI=1S/C10H20N4O2S/c1-7(2)6-14(4)17(15,16)10-9(5-11)8(3)12-13-10/h7H,5-6,11H2,1-4H3,(H,12,13). The molecule has 0 aliphatic heterocycles. The van der Waals surface area contributed by atoms with E-state index in [1.807, 2.05) is 13.8 Å². The predicted octanol–water partition coefficient (Wildman–Crippen LogP) is 0.453. The smallest absolute Gasteiger partial charge is 0.262 e. The van der Waals surface area contributed by atoms with Gasteiger partial charge in [-0.1, -0.05) is 13.8 Å². The highest BCUT2D eigenvalue weighted by atomic mass is 32.2. The van der Waals surface area contributed by atoms with Crippen molar-refractivity contribution in [3.8, 4) is 0 Å². The van der Waals surface area contributed by atoms with E-state index in [0.717, 1.165) is 0 Å². The highest BCUT2D eigenvalue weighted by Gasteiger charge is 2.27. The summed E-state index contributed by atoms with van der Waals surface area (Å²) >= 11 is 0. The first-order valence-electron chi connectivity index (χ1n) is 5.51. The van der Waals surface area contributed by atoms with Gasteiger partial charge in [-0.05, 0) is 12.8 Å². The summed E-state index contributed by atoms with van der Waals surface area (Å²) in [6.45, 7) is 6.30. The molecule has 0 unspecified atom stereocenters. The fourth-order valence-electron chi connectivity index (χ4n) is 1.64. The minimum atomic E-state index is -3.54. The van der Waals surface area contributed by atoms with Gasteiger partial charge in [0.05, 0.1) is 0 Å². The summed E-state index contributed by atoms with van der Waals surface area (Å²) in [5.74, 6) is 0.260. The molecule has 0 aliphatic carbocycles. The third-order valence-corrected chi connectivity index (χ3v) is 4.31. The normalized spacial score (nSPS) is 12.6. The summed E-state index contributed by atoms with van der Waals surface area (Å²) in [6.07, 6.45) is 0. The first-order valence-corrected chi connectivity index (χ1v) is 6.95. The van der Waals surface area contributed by atoms with Crippen LogP contribution in [0.15, 0.2) is 5.03 Å². The second kappa shape index (κ2) is 5.16. The Labute approximate surface area is 102 Å². The lowest BCUT2D eigenvalue weighted by molar-refractivity contribution is 0.415. The Hall–Kier alpha value is -0.920. The monoisotopic (exact) mass is 260 g/mol. The molecule has 0 bridgehead atoms. The quantitative estimate of drug-likeness (QED) is 0.804. The Morgan fingerprint density at radius 2 is 2.06 bits per heavy atom. The van der Waals surface area contributed by atoms with Crippen molar-refractivity contribution in [1.82, 2.24) is 14.5 Å². The summed E-state index contributed by atoms with van der Waals surface area (Å²) in [7, 11) is -1.99. The Bertz CT molecular complexity index is 478. The lowest BCUT2D eigenvalue weighted by atomic mass is 10.2.